The average molecular weight is 1060 g/mol. The van der Waals surface area contributed by atoms with Crippen molar-refractivity contribution in [2.45, 2.75) is 114 Å². The predicted octanol–water partition coefficient (Wildman–Crippen LogP) is 10.6. The number of carbonyl (C=O) groups excluding carboxylic acids is 1. The Balaban J connectivity index is 0.847. The fourth-order valence-electron chi connectivity index (χ4n) is 12.1. The summed E-state index contributed by atoms with van der Waals surface area (Å²) >= 11 is 0. The fraction of sp³-hybridized carbons (Fsp3) is 0.448. The molecule has 2 saturated carbocycles. The molecule has 10 rings (SSSR count). The molecule has 18 heteroatoms. The highest BCUT2D eigenvalue weighted by Crippen LogP contribution is 2.53. The second-order valence-electron chi connectivity index (χ2n) is 22.2. The van der Waals surface area contributed by atoms with Crippen molar-refractivity contribution in [2.24, 2.45) is 11.3 Å². The van der Waals surface area contributed by atoms with E-state index in [1.807, 2.05) is 12.1 Å². The molecule has 6 aromatic rings. The summed E-state index contributed by atoms with van der Waals surface area (Å²) in [5, 5.41) is 25.9. The number of aliphatic hydroxyl groups is 1. The Bertz CT molecular complexity index is 3210. The number of aromatic amines is 1. The lowest BCUT2D eigenvalue weighted by Gasteiger charge is -2.58. The molecule has 2 saturated heterocycles. The highest BCUT2D eigenvalue weighted by molar-refractivity contribution is 7.90. The van der Waals surface area contributed by atoms with Gasteiger partial charge in [-0.15, -0.1) is 0 Å². The van der Waals surface area contributed by atoms with Crippen molar-refractivity contribution in [1.82, 2.24) is 24.5 Å². The first kappa shape index (κ1) is 52.8. The largest absolute Gasteiger partial charge is 0.497 e. The molecule has 1 atom stereocenters. The molecule has 4 aliphatic rings. The number of fused-ring (bicyclic) bond motifs is 1. The number of nitro benzene ring substituents is 1. The van der Waals surface area contributed by atoms with E-state index in [9.17, 15) is 32.8 Å². The summed E-state index contributed by atoms with van der Waals surface area (Å²) < 4.78 is 56.6. The van der Waals surface area contributed by atoms with Crippen molar-refractivity contribution in [3.05, 3.63) is 141 Å². The molecule has 4 N–H and O–H groups in total. The van der Waals surface area contributed by atoms with Crippen LogP contribution in [-0.4, -0.2) is 102 Å². The Labute approximate surface area is 444 Å². The lowest BCUT2D eigenvalue weighted by Crippen LogP contribution is -2.60. The lowest BCUT2D eigenvalue weighted by atomic mass is 9.59. The number of sulfonamides is 1. The quantitative estimate of drug-likeness (QED) is 0.0529. The minimum Gasteiger partial charge on any atom is -0.497 e. The van der Waals surface area contributed by atoms with Crippen LogP contribution in [0.15, 0.2) is 102 Å². The summed E-state index contributed by atoms with van der Waals surface area (Å²) in [7, 11) is -2.96. The molecule has 1 amide bonds. The number of amides is 1. The van der Waals surface area contributed by atoms with E-state index in [2.05, 4.69) is 85.0 Å². The van der Waals surface area contributed by atoms with Crippen LogP contribution < -0.4 is 24.4 Å². The monoisotopic (exact) mass is 1060 g/mol. The molecular weight excluding hydrogens is 988 g/mol. The normalized spacial score (nSPS) is 21.4. The summed E-state index contributed by atoms with van der Waals surface area (Å²) in [6.45, 7) is 13.8. The van der Waals surface area contributed by atoms with Crippen LogP contribution in [0, 0.1) is 34.2 Å². The van der Waals surface area contributed by atoms with Crippen LogP contribution in [-0.2, 0) is 16.6 Å². The number of piperidine rings is 1. The average Bonchev–Trinajstić information content (AvgIpc) is 3.81. The van der Waals surface area contributed by atoms with Gasteiger partial charge in [0.1, 0.15) is 34.4 Å². The van der Waals surface area contributed by atoms with Crippen LogP contribution >= 0.6 is 0 Å². The summed E-state index contributed by atoms with van der Waals surface area (Å²) in [6.07, 6.45) is 8.09. The number of aromatic nitrogens is 2. The van der Waals surface area contributed by atoms with Gasteiger partial charge in [-0.1, -0.05) is 50.2 Å². The highest BCUT2D eigenvalue weighted by atomic mass is 32.2. The van der Waals surface area contributed by atoms with E-state index in [4.69, 9.17) is 9.47 Å². The standard InChI is InChI=1S/C58H69FN8O8S/c1-37(2)45-8-6-7-9-46(45)52-36-64(35-40-10-13-43(74-5)14-11-40)26-27-66(52)42-31-58(32-42)22-24-65(25-23-58)41-12-16-47(54(28-41)75-53-30-48-49(59)34-61-55(48)62-38(53)3)56(68)63-76(72,73)44-15-17-50(51(29-44)67(70)71)60-33-39-18-20-57(4,69)21-19-39/h6-17,28-30,34,37,39,42,52,60,69H,18-27,31-33,35-36H2,1-5H3,(H,61,62)(H,63,68)/t39?,52-,57?/m0/s1. The van der Waals surface area contributed by atoms with E-state index in [0.29, 0.717) is 42.7 Å². The molecule has 0 bridgehead atoms. The molecule has 4 heterocycles. The maximum atomic E-state index is 14.9. The first-order valence-electron chi connectivity index (χ1n) is 26.6. The molecule has 0 unspecified atom stereocenters. The van der Waals surface area contributed by atoms with Gasteiger partial charge < -0.3 is 29.8 Å². The van der Waals surface area contributed by atoms with Gasteiger partial charge in [-0.25, -0.2) is 22.5 Å². The molecule has 2 aliphatic carbocycles. The van der Waals surface area contributed by atoms with Gasteiger partial charge in [0.25, 0.3) is 21.6 Å². The maximum absolute atomic E-state index is 14.9. The van der Waals surface area contributed by atoms with E-state index < -0.39 is 42.9 Å². The zero-order chi connectivity index (χ0) is 53.5. The first-order chi connectivity index (χ1) is 36.4. The molecule has 2 aromatic heterocycles. The maximum Gasteiger partial charge on any atom is 0.293 e. The van der Waals surface area contributed by atoms with Gasteiger partial charge in [0, 0.05) is 81.9 Å². The number of hydrogen-bond acceptors (Lipinski definition) is 13. The molecular formula is C58H69FN8O8S. The number of rotatable bonds is 16. The number of pyridine rings is 1. The highest BCUT2D eigenvalue weighted by Gasteiger charge is 2.50. The first-order valence-corrected chi connectivity index (χ1v) is 28.1. The topological polar surface area (TPSA) is 196 Å². The Morgan fingerprint density at radius 1 is 0.961 bits per heavy atom. The number of halogens is 1. The van der Waals surface area contributed by atoms with Gasteiger partial charge in [-0.2, -0.15) is 0 Å². The molecule has 4 fully saturated rings. The summed E-state index contributed by atoms with van der Waals surface area (Å²) in [5.74, 6) is 0.0843. The van der Waals surface area contributed by atoms with Gasteiger partial charge in [0.2, 0.25) is 0 Å². The minimum absolute atomic E-state index is 0.0306. The van der Waals surface area contributed by atoms with Crippen LogP contribution in [0.1, 0.15) is 117 Å². The molecule has 1 spiro atoms. The van der Waals surface area contributed by atoms with Crippen LogP contribution in [0.2, 0.25) is 0 Å². The molecule has 2 aliphatic heterocycles. The van der Waals surface area contributed by atoms with E-state index in [1.54, 1.807) is 33.1 Å². The molecule has 402 valence electrons. The Hall–Kier alpha value is -6.60. The summed E-state index contributed by atoms with van der Waals surface area (Å²) in [6, 6.07) is 28.0. The molecule has 76 heavy (non-hydrogen) atoms. The summed E-state index contributed by atoms with van der Waals surface area (Å²) in [4.78, 5) is 40.2. The Morgan fingerprint density at radius 2 is 1.70 bits per heavy atom. The number of benzene rings is 4. The molecule has 16 nitrogen and oxygen atoms in total. The number of H-pyrrole nitrogens is 1. The van der Waals surface area contributed by atoms with Crippen molar-refractivity contribution in [3.8, 4) is 17.2 Å². The van der Waals surface area contributed by atoms with Gasteiger partial charge >= 0.3 is 0 Å². The van der Waals surface area contributed by atoms with Crippen LogP contribution in [0.3, 0.4) is 0 Å². The molecule has 4 aromatic carbocycles. The molecule has 0 radical (unpaired) electrons. The number of hydrogen-bond donors (Lipinski definition) is 4. The zero-order valence-electron chi connectivity index (χ0n) is 44.0. The van der Waals surface area contributed by atoms with Gasteiger partial charge in [-0.05, 0) is 142 Å². The second-order valence-corrected chi connectivity index (χ2v) is 23.9. The Kier molecular flexibility index (Phi) is 14.9. The van der Waals surface area contributed by atoms with Crippen LogP contribution in [0.4, 0.5) is 21.5 Å². The summed E-state index contributed by atoms with van der Waals surface area (Å²) in [5.41, 5.74) is 4.62. The van der Waals surface area contributed by atoms with Gasteiger partial charge in [0.05, 0.1) is 39.2 Å². The second kappa shape index (κ2) is 21.4. The van der Waals surface area contributed by atoms with Gasteiger partial charge in [0.15, 0.2) is 0 Å². The van der Waals surface area contributed by atoms with Crippen molar-refractivity contribution >= 4 is 44.0 Å². The van der Waals surface area contributed by atoms with E-state index >= 15 is 0 Å². The van der Waals surface area contributed by atoms with E-state index in [-0.39, 0.29) is 45.5 Å². The number of methoxy groups -OCH3 is 1. The van der Waals surface area contributed by atoms with E-state index in [0.717, 1.165) is 95.3 Å². The zero-order valence-corrected chi connectivity index (χ0v) is 44.8. The number of nitrogens with zero attached hydrogens (tertiary/aromatic N) is 5. The number of nitrogens with one attached hydrogen (secondary N) is 3. The third kappa shape index (κ3) is 11.3. The van der Waals surface area contributed by atoms with Gasteiger partial charge in [-0.3, -0.25) is 24.7 Å². The van der Waals surface area contributed by atoms with Crippen LogP contribution in [0.5, 0.6) is 17.2 Å². The number of nitro groups is 1. The smallest absolute Gasteiger partial charge is 0.293 e. The number of aryl methyl sites for hydroxylation is 1. The van der Waals surface area contributed by atoms with E-state index in [1.165, 1.54) is 47.2 Å². The van der Waals surface area contributed by atoms with Crippen molar-refractivity contribution in [1.29, 1.82) is 0 Å². The SMILES string of the molecule is COc1ccc(CN2CCN(C3CC4(CCN(c5ccc(C(=O)NS(=O)(=O)c6ccc(NCC7CCC(C)(O)CC7)c([N+](=O)[O-])c6)c(Oc6cc7c(F)c[nH]c7nc6C)c5)CC4)C3)[C@H](c3ccccc3C(C)C)C2)cc1. The van der Waals surface area contributed by atoms with Crippen molar-refractivity contribution in [3.63, 3.8) is 0 Å². The third-order valence-corrected chi connectivity index (χ3v) is 18.0. The number of ether oxygens (including phenoxy) is 2. The lowest BCUT2D eigenvalue weighted by molar-refractivity contribution is -0.384. The Morgan fingerprint density at radius 3 is 2.41 bits per heavy atom. The minimum atomic E-state index is -4.65. The number of piperazine rings is 1. The number of carbonyl (C=O) groups is 1. The number of anilines is 2. The van der Waals surface area contributed by atoms with Crippen molar-refractivity contribution in [2.75, 3.05) is 56.6 Å². The predicted molar refractivity (Wildman–Crippen MR) is 291 cm³/mol. The van der Waals surface area contributed by atoms with Crippen molar-refractivity contribution < 1.29 is 37.1 Å². The van der Waals surface area contributed by atoms with Crippen LogP contribution in [0.25, 0.3) is 11.0 Å². The fourth-order valence-corrected chi connectivity index (χ4v) is 13.1. The third-order valence-electron chi connectivity index (χ3n) is 16.7.